The van der Waals surface area contributed by atoms with Crippen LogP contribution in [0.4, 0.5) is 5.82 Å². The van der Waals surface area contributed by atoms with Gasteiger partial charge in [0.1, 0.15) is 0 Å². The zero-order valence-corrected chi connectivity index (χ0v) is 12.3. The van der Waals surface area contributed by atoms with E-state index in [1.54, 1.807) is 6.92 Å². The molecule has 0 aliphatic carbocycles. The van der Waals surface area contributed by atoms with Crippen molar-refractivity contribution in [1.29, 1.82) is 0 Å². The van der Waals surface area contributed by atoms with Crippen molar-refractivity contribution in [1.82, 2.24) is 9.97 Å². The Morgan fingerprint density at radius 2 is 2.10 bits per heavy atom. The molecular weight excluding hydrogens is 290 g/mol. The number of nitrogens with zero attached hydrogens (tertiary/aromatic N) is 1. The summed E-state index contributed by atoms with van der Waals surface area (Å²) in [5.74, 6) is -0.353. The van der Waals surface area contributed by atoms with Crippen molar-refractivity contribution in [3.63, 3.8) is 0 Å². The first-order chi connectivity index (χ1) is 10.2. The second-order valence-corrected chi connectivity index (χ2v) is 5.05. The number of imidazole rings is 1. The molecule has 1 heterocycles. The topological polar surface area (TPSA) is 84.1 Å². The van der Waals surface area contributed by atoms with E-state index in [9.17, 15) is 9.59 Å². The van der Waals surface area contributed by atoms with Crippen molar-refractivity contribution in [2.75, 3.05) is 17.7 Å². The largest absolute Gasteiger partial charge is 0.461 e. The first kappa shape index (κ1) is 15.1. The number of thioether (sulfide) groups is 1. The summed E-state index contributed by atoms with van der Waals surface area (Å²) >= 11 is 1.41. The molecule has 1 aromatic heterocycles. The lowest BCUT2D eigenvalue weighted by molar-refractivity contribution is -0.113. The Labute approximate surface area is 126 Å². The Morgan fingerprint density at radius 1 is 1.33 bits per heavy atom. The molecule has 110 valence electrons. The molecule has 0 fully saturated rings. The van der Waals surface area contributed by atoms with Gasteiger partial charge >= 0.3 is 5.97 Å². The number of benzene rings is 1. The molecule has 0 spiro atoms. The fourth-order valence-electron chi connectivity index (χ4n) is 1.58. The van der Waals surface area contributed by atoms with Crippen LogP contribution in [0, 0.1) is 0 Å². The second kappa shape index (κ2) is 7.49. The van der Waals surface area contributed by atoms with Crippen LogP contribution in [0.1, 0.15) is 17.4 Å². The van der Waals surface area contributed by atoms with Crippen molar-refractivity contribution >= 4 is 29.5 Å². The summed E-state index contributed by atoms with van der Waals surface area (Å²) in [5.41, 5.74) is 0.148. The second-order valence-electron chi connectivity index (χ2n) is 4.00. The van der Waals surface area contributed by atoms with Crippen LogP contribution in [0.2, 0.25) is 0 Å². The van der Waals surface area contributed by atoms with Gasteiger partial charge in [0.05, 0.1) is 18.7 Å². The maximum atomic E-state index is 11.9. The number of aromatic amines is 1. The molecule has 0 saturated heterocycles. The van der Waals surface area contributed by atoms with E-state index in [4.69, 9.17) is 4.74 Å². The van der Waals surface area contributed by atoms with Crippen LogP contribution >= 0.6 is 11.8 Å². The first-order valence-corrected chi connectivity index (χ1v) is 7.37. The molecule has 0 unspecified atom stereocenters. The molecule has 2 rings (SSSR count). The number of hydrogen-bond donors (Lipinski definition) is 2. The fourth-order valence-corrected chi connectivity index (χ4v) is 2.30. The number of carbonyl (C=O) groups excluding carboxylic acids is 2. The van der Waals surface area contributed by atoms with Crippen molar-refractivity contribution in [2.45, 2.75) is 11.8 Å². The van der Waals surface area contributed by atoms with Gasteiger partial charge in [0.15, 0.2) is 11.5 Å². The lowest BCUT2D eigenvalue weighted by Gasteiger charge is -2.05. The first-order valence-electron chi connectivity index (χ1n) is 6.39. The standard InChI is InChI=1S/C14H15N3O3S/c1-2-20-14(19)12-13(16-9-15-12)17-11(18)8-21-10-6-4-3-5-7-10/h3-7,9H,2,8H2,1H3,(H,15,16)(H,17,18). The van der Waals surface area contributed by atoms with E-state index in [1.807, 2.05) is 30.3 Å². The zero-order chi connectivity index (χ0) is 15.1. The average Bonchev–Trinajstić information content (AvgIpc) is 2.95. The molecule has 0 saturated carbocycles. The third kappa shape index (κ3) is 4.35. The molecule has 0 aliphatic rings. The van der Waals surface area contributed by atoms with Crippen LogP contribution < -0.4 is 5.32 Å². The predicted octanol–water partition coefficient (Wildman–Crippen LogP) is 2.32. The Morgan fingerprint density at radius 3 is 2.81 bits per heavy atom. The highest BCUT2D eigenvalue weighted by Gasteiger charge is 2.17. The van der Waals surface area contributed by atoms with E-state index in [-0.39, 0.29) is 29.8 Å². The molecule has 6 nitrogen and oxygen atoms in total. The molecule has 0 radical (unpaired) electrons. The third-order valence-electron chi connectivity index (χ3n) is 2.49. The molecule has 0 atom stereocenters. The highest BCUT2D eigenvalue weighted by molar-refractivity contribution is 8.00. The number of ether oxygens (including phenoxy) is 1. The van der Waals surface area contributed by atoms with Gasteiger partial charge in [-0.05, 0) is 19.1 Å². The third-order valence-corrected chi connectivity index (χ3v) is 3.50. The SMILES string of the molecule is CCOC(=O)c1[nH]cnc1NC(=O)CSc1ccccc1. The number of rotatable bonds is 6. The Kier molecular flexibility index (Phi) is 5.39. The van der Waals surface area contributed by atoms with E-state index in [2.05, 4.69) is 15.3 Å². The number of H-pyrrole nitrogens is 1. The minimum Gasteiger partial charge on any atom is -0.461 e. The van der Waals surface area contributed by atoms with Gasteiger partial charge in [0, 0.05) is 4.90 Å². The van der Waals surface area contributed by atoms with Crippen LogP contribution in [0.25, 0.3) is 0 Å². The van der Waals surface area contributed by atoms with E-state index in [1.165, 1.54) is 18.1 Å². The maximum Gasteiger partial charge on any atom is 0.358 e. The van der Waals surface area contributed by atoms with E-state index in [0.717, 1.165) is 4.90 Å². The number of aromatic nitrogens is 2. The number of amides is 1. The smallest absolute Gasteiger partial charge is 0.358 e. The molecule has 2 N–H and O–H groups in total. The number of esters is 1. The summed E-state index contributed by atoms with van der Waals surface area (Å²) in [6.45, 7) is 1.97. The molecule has 0 bridgehead atoms. The van der Waals surface area contributed by atoms with Crippen molar-refractivity contribution in [3.8, 4) is 0 Å². The van der Waals surface area contributed by atoms with Crippen LogP contribution in [-0.4, -0.2) is 34.2 Å². The van der Waals surface area contributed by atoms with Gasteiger partial charge in [-0.2, -0.15) is 0 Å². The fraction of sp³-hybridized carbons (Fsp3) is 0.214. The summed E-state index contributed by atoms with van der Waals surface area (Å²) < 4.78 is 4.87. The van der Waals surface area contributed by atoms with Crippen LogP contribution in [0.3, 0.4) is 0 Å². The predicted molar refractivity (Wildman–Crippen MR) is 80.3 cm³/mol. The Balaban J connectivity index is 1.91. The molecule has 0 aliphatic heterocycles. The monoisotopic (exact) mass is 305 g/mol. The van der Waals surface area contributed by atoms with E-state index in [0.29, 0.717) is 0 Å². The quantitative estimate of drug-likeness (QED) is 0.632. The lowest BCUT2D eigenvalue weighted by Crippen LogP contribution is -2.17. The van der Waals surface area contributed by atoms with Crippen LogP contribution in [-0.2, 0) is 9.53 Å². The Hall–Kier alpha value is -2.28. The van der Waals surface area contributed by atoms with Gasteiger partial charge in [-0.25, -0.2) is 9.78 Å². The molecule has 1 amide bonds. The zero-order valence-electron chi connectivity index (χ0n) is 11.5. The lowest BCUT2D eigenvalue weighted by atomic mass is 10.4. The Bertz CT molecular complexity index is 613. The maximum absolute atomic E-state index is 11.9. The van der Waals surface area contributed by atoms with Gasteiger partial charge in [-0.1, -0.05) is 18.2 Å². The summed E-state index contributed by atoms with van der Waals surface area (Å²) in [6, 6.07) is 9.59. The van der Waals surface area contributed by atoms with Crippen molar-refractivity contribution in [3.05, 3.63) is 42.4 Å². The van der Waals surface area contributed by atoms with Crippen molar-refractivity contribution < 1.29 is 14.3 Å². The molecule has 1 aromatic carbocycles. The number of hydrogen-bond acceptors (Lipinski definition) is 5. The van der Waals surface area contributed by atoms with Crippen LogP contribution in [0.15, 0.2) is 41.6 Å². The summed E-state index contributed by atoms with van der Waals surface area (Å²) in [6.07, 6.45) is 1.34. The highest BCUT2D eigenvalue weighted by Crippen LogP contribution is 2.18. The minimum atomic E-state index is -0.541. The molecule has 21 heavy (non-hydrogen) atoms. The summed E-state index contributed by atoms with van der Waals surface area (Å²) in [4.78, 5) is 31.1. The summed E-state index contributed by atoms with van der Waals surface area (Å²) in [7, 11) is 0. The number of carbonyl (C=O) groups is 2. The number of nitrogens with one attached hydrogen (secondary N) is 2. The van der Waals surface area contributed by atoms with Gasteiger partial charge in [0.25, 0.3) is 0 Å². The minimum absolute atomic E-state index is 0.148. The summed E-state index contributed by atoms with van der Waals surface area (Å²) in [5, 5.41) is 2.60. The van der Waals surface area contributed by atoms with Crippen molar-refractivity contribution in [2.24, 2.45) is 0 Å². The van der Waals surface area contributed by atoms with Gasteiger partial charge < -0.3 is 15.0 Å². The average molecular weight is 305 g/mol. The molecule has 2 aromatic rings. The number of anilines is 1. The van der Waals surface area contributed by atoms with Gasteiger partial charge in [-0.3, -0.25) is 4.79 Å². The normalized spacial score (nSPS) is 10.1. The van der Waals surface area contributed by atoms with Gasteiger partial charge in [-0.15, -0.1) is 11.8 Å². The van der Waals surface area contributed by atoms with E-state index < -0.39 is 5.97 Å². The van der Waals surface area contributed by atoms with E-state index >= 15 is 0 Å². The molecule has 7 heteroatoms. The highest BCUT2D eigenvalue weighted by atomic mass is 32.2. The van der Waals surface area contributed by atoms with Crippen LogP contribution in [0.5, 0.6) is 0 Å². The van der Waals surface area contributed by atoms with Gasteiger partial charge in [0.2, 0.25) is 5.91 Å². The molecular formula is C14H15N3O3S.